The first-order chi connectivity index (χ1) is 10.6. The van der Waals surface area contributed by atoms with Crippen molar-refractivity contribution in [2.24, 2.45) is 5.18 Å². The van der Waals surface area contributed by atoms with Gasteiger partial charge in [-0.1, -0.05) is 12.1 Å². The zero-order chi connectivity index (χ0) is 16.1. The predicted molar refractivity (Wildman–Crippen MR) is 81.4 cm³/mol. The molecule has 0 saturated carbocycles. The lowest BCUT2D eigenvalue weighted by Crippen LogP contribution is -2.03. The molecule has 22 heavy (non-hydrogen) atoms. The van der Waals surface area contributed by atoms with E-state index in [1.165, 1.54) is 33.5 Å². The number of ketones is 1. The monoisotopic (exact) mass is 301 g/mol. The molecule has 6 nitrogen and oxygen atoms in total. The molecule has 0 spiro atoms. The Balaban J connectivity index is 2.54. The Hall–Kier alpha value is -2.89. The van der Waals surface area contributed by atoms with E-state index in [2.05, 4.69) is 5.18 Å². The van der Waals surface area contributed by atoms with Crippen LogP contribution in [-0.4, -0.2) is 27.1 Å². The molecule has 0 fully saturated rings. The van der Waals surface area contributed by atoms with Gasteiger partial charge < -0.3 is 14.2 Å². The minimum absolute atomic E-state index is 0.00882. The maximum Gasteiger partial charge on any atom is 0.195 e. The molecule has 0 heterocycles. The Kier molecular flexibility index (Phi) is 4.73. The lowest BCUT2D eigenvalue weighted by atomic mass is 10.0. The summed E-state index contributed by atoms with van der Waals surface area (Å²) in [7, 11) is 4.40. The summed E-state index contributed by atoms with van der Waals surface area (Å²) in [5.74, 6) is 0.877. The molecule has 0 aromatic heterocycles. The Morgan fingerprint density at radius 2 is 1.64 bits per heavy atom. The number of nitrogens with zero attached hydrogens (tertiary/aromatic N) is 1. The SMILES string of the molecule is COc1cccc(C(=O)c2cc(OC)c(OC)cc2N=O)c1. The Morgan fingerprint density at radius 3 is 2.23 bits per heavy atom. The highest BCUT2D eigenvalue weighted by molar-refractivity contribution is 6.12. The number of methoxy groups -OCH3 is 3. The van der Waals surface area contributed by atoms with Gasteiger partial charge in [0.15, 0.2) is 17.3 Å². The number of carbonyl (C=O) groups excluding carboxylic acids is 1. The number of nitroso groups, excluding NO2 is 1. The quantitative estimate of drug-likeness (QED) is 0.604. The van der Waals surface area contributed by atoms with Crippen LogP contribution >= 0.6 is 0 Å². The minimum Gasteiger partial charge on any atom is -0.497 e. The Bertz CT molecular complexity index is 712. The number of rotatable bonds is 6. The van der Waals surface area contributed by atoms with Gasteiger partial charge in [-0.3, -0.25) is 4.79 Å². The van der Waals surface area contributed by atoms with Gasteiger partial charge in [-0.25, -0.2) is 0 Å². The van der Waals surface area contributed by atoms with Crippen molar-refractivity contribution in [3.8, 4) is 17.2 Å². The fourth-order valence-corrected chi connectivity index (χ4v) is 2.05. The van der Waals surface area contributed by atoms with Gasteiger partial charge in [-0.15, -0.1) is 4.91 Å². The van der Waals surface area contributed by atoms with E-state index in [9.17, 15) is 9.70 Å². The van der Waals surface area contributed by atoms with Crippen molar-refractivity contribution >= 4 is 11.5 Å². The topological polar surface area (TPSA) is 74.2 Å². The second-order valence-corrected chi connectivity index (χ2v) is 4.38. The van der Waals surface area contributed by atoms with Gasteiger partial charge >= 0.3 is 0 Å². The van der Waals surface area contributed by atoms with Crippen LogP contribution < -0.4 is 14.2 Å². The third-order valence-electron chi connectivity index (χ3n) is 3.18. The number of benzene rings is 2. The van der Waals surface area contributed by atoms with Gasteiger partial charge in [0.1, 0.15) is 11.4 Å². The molecule has 0 amide bonds. The highest BCUT2D eigenvalue weighted by Gasteiger charge is 2.19. The largest absolute Gasteiger partial charge is 0.497 e. The third kappa shape index (κ3) is 2.90. The van der Waals surface area contributed by atoms with Gasteiger partial charge in [-0.2, -0.15) is 0 Å². The summed E-state index contributed by atoms with van der Waals surface area (Å²) in [6, 6.07) is 9.46. The van der Waals surface area contributed by atoms with E-state index in [1.807, 2.05) is 0 Å². The normalized spacial score (nSPS) is 9.95. The van der Waals surface area contributed by atoms with Crippen molar-refractivity contribution in [3.05, 3.63) is 52.4 Å². The van der Waals surface area contributed by atoms with Gasteiger partial charge in [0.25, 0.3) is 0 Å². The Morgan fingerprint density at radius 1 is 0.955 bits per heavy atom. The maximum atomic E-state index is 12.6. The minimum atomic E-state index is -0.352. The summed E-state index contributed by atoms with van der Waals surface area (Å²) in [5, 5.41) is 2.91. The zero-order valence-corrected chi connectivity index (χ0v) is 12.5. The van der Waals surface area contributed by atoms with Crippen molar-refractivity contribution in [2.45, 2.75) is 0 Å². The molecule has 0 aliphatic carbocycles. The predicted octanol–water partition coefficient (Wildman–Crippen LogP) is 3.34. The van der Waals surface area contributed by atoms with Gasteiger partial charge in [0, 0.05) is 11.6 Å². The van der Waals surface area contributed by atoms with Crippen LogP contribution in [0.4, 0.5) is 5.69 Å². The van der Waals surface area contributed by atoms with Crippen molar-refractivity contribution in [1.82, 2.24) is 0 Å². The molecule has 0 N–H and O–H groups in total. The average Bonchev–Trinajstić information content (AvgIpc) is 2.59. The summed E-state index contributed by atoms with van der Waals surface area (Å²) in [6.07, 6.45) is 0. The average molecular weight is 301 g/mol. The van der Waals surface area contributed by atoms with E-state index < -0.39 is 0 Å². The van der Waals surface area contributed by atoms with Crippen molar-refractivity contribution in [2.75, 3.05) is 21.3 Å². The number of hydrogen-bond donors (Lipinski definition) is 0. The first kappa shape index (κ1) is 15.5. The molecule has 0 saturated heterocycles. The summed E-state index contributed by atoms with van der Waals surface area (Å²) in [5.41, 5.74) is 0.517. The fourth-order valence-electron chi connectivity index (χ4n) is 2.05. The van der Waals surface area contributed by atoms with Crippen LogP contribution in [0.3, 0.4) is 0 Å². The first-order valence-corrected chi connectivity index (χ1v) is 6.42. The van der Waals surface area contributed by atoms with Gasteiger partial charge in [-0.05, 0) is 23.4 Å². The number of ether oxygens (including phenoxy) is 3. The molecule has 0 aliphatic heterocycles. The van der Waals surface area contributed by atoms with Crippen LogP contribution in [0.25, 0.3) is 0 Å². The molecular formula is C16H15NO5. The van der Waals surface area contributed by atoms with Crippen LogP contribution in [0.5, 0.6) is 17.2 Å². The maximum absolute atomic E-state index is 12.6. The third-order valence-corrected chi connectivity index (χ3v) is 3.18. The second kappa shape index (κ2) is 6.71. The number of hydrogen-bond acceptors (Lipinski definition) is 6. The van der Waals surface area contributed by atoms with Crippen molar-refractivity contribution in [1.29, 1.82) is 0 Å². The van der Waals surface area contributed by atoms with Crippen LogP contribution in [0.1, 0.15) is 15.9 Å². The van der Waals surface area contributed by atoms with E-state index in [0.717, 1.165) is 0 Å². The molecule has 114 valence electrons. The molecular weight excluding hydrogens is 286 g/mol. The first-order valence-electron chi connectivity index (χ1n) is 6.42. The summed E-state index contributed by atoms with van der Waals surface area (Å²) in [4.78, 5) is 23.6. The molecule has 0 atom stereocenters. The number of carbonyl (C=O) groups is 1. The molecule has 0 unspecified atom stereocenters. The zero-order valence-electron chi connectivity index (χ0n) is 12.5. The van der Waals surface area contributed by atoms with E-state index in [0.29, 0.717) is 22.8 Å². The second-order valence-electron chi connectivity index (χ2n) is 4.38. The lowest BCUT2D eigenvalue weighted by molar-refractivity contribution is 0.103. The Labute approximate surface area is 127 Å². The lowest BCUT2D eigenvalue weighted by Gasteiger charge is -2.11. The molecule has 6 heteroatoms. The molecule has 2 aromatic rings. The van der Waals surface area contributed by atoms with Crippen LogP contribution in [-0.2, 0) is 0 Å². The smallest absolute Gasteiger partial charge is 0.195 e. The van der Waals surface area contributed by atoms with Gasteiger partial charge in [0.2, 0.25) is 0 Å². The van der Waals surface area contributed by atoms with Gasteiger partial charge in [0.05, 0.1) is 26.9 Å². The van der Waals surface area contributed by atoms with E-state index >= 15 is 0 Å². The highest BCUT2D eigenvalue weighted by Crippen LogP contribution is 2.36. The van der Waals surface area contributed by atoms with Crippen LogP contribution in [0.2, 0.25) is 0 Å². The molecule has 2 aromatic carbocycles. The fraction of sp³-hybridized carbons (Fsp3) is 0.188. The van der Waals surface area contributed by atoms with E-state index in [-0.39, 0.29) is 17.0 Å². The summed E-state index contributed by atoms with van der Waals surface area (Å²) < 4.78 is 15.4. The van der Waals surface area contributed by atoms with Crippen LogP contribution in [0, 0.1) is 4.91 Å². The standard InChI is InChI=1S/C16H15NO5/c1-20-11-6-4-5-10(7-11)16(18)12-8-14(21-2)15(22-3)9-13(12)17-19/h4-9H,1-3H3. The van der Waals surface area contributed by atoms with E-state index in [1.54, 1.807) is 24.3 Å². The molecule has 0 radical (unpaired) electrons. The summed E-state index contributed by atoms with van der Waals surface area (Å²) >= 11 is 0. The van der Waals surface area contributed by atoms with Crippen molar-refractivity contribution < 1.29 is 19.0 Å². The van der Waals surface area contributed by atoms with E-state index in [4.69, 9.17) is 14.2 Å². The molecule has 0 bridgehead atoms. The van der Waals surface area contributed by atoms with Crippen molar-refractivity contribution in [3.63, 3.8) is 0 Å². The van der Waals surface area contributed by atoms with Crippen LogP contribution in [0.15, 0.2) is 41.6 Å². The summed E-state index contributed by atoms with van der Waals surface area (Å²) in [6.45, 7) is 0. The molecule has 0 aliphatic rings. The highest BCUT2D eigenvalue weighted by atomic mass is 16.5. The molecule has 2 rings (SSSR count).